The van der Waals surface area contributed by atoms with Crippen molar-refractivity contribution in [1.29, 1.82) is 0 Å². The Kier molecular flexibility index (Phi) is 2.84. The molecule has 1 aliphatic rings. The third-order valence-electron chi connectivity index (χ3n) is 4.29. The summed E-state index contributed by atoms with van der Waals surface area (Å²) < 4.78 is 41.1. The number of H-pyrrole nitrogens is 1. The molecule has 0 bridgehead atoms. The Morgan fingerprint density at radius 3 is 2.63 bits per heavy atom. The number of aromatic nitrogens is 1. The van der Waals surface area contributed by atoms with E-state index in [4.69, 9.17) is 0 Å². The van der Waals surface area contributed by atoms with E-state index in [1.807, 2.05) is 0 Å². The second-order valence-corrected chi connectivity index (χ2v) is 5.73. The molecule has 0 spiro atoms. The normalized spacial score (nSPS) is 19.2. The number of halogens is 3. The van der Waals surface area contributed by atoms with E-state index in [9.17, 15) is 13.2 Å². The molecule has 0 radical (unpaired) electrons. The molecule has 0 saturated carbocycles. The molecule has 3 rings (SSSR count). The maximum Gasteiger partial charge on any atom is 0.168 e. The van der Waals surface area contributed by atoms with Crippen LogP contribution < -0.4 is 0 Å². The Morgan fingerprint density at radius 1 is 1.21 bits per heavy atom. The van der Waals surface area contributed by atoms with Crippen LogP contribution in [-0.2, 0) is 12.8 Å². The molecule has 0 amide bonds. The quantitative estimate of drug-likeness (QED) is 0.739. The number of nitrogens with one attached hydrogen (secondary N) is 1. The van der Waals surface area contributed by atoms with E-state index in [0.717, 1.165) is 24.1 Å². The lowest BCUT2D eigenvalue weighted by atomic mass is 9.80. The molecule has 19 heavy (non-hydrogen) atoms. The third-order valence-corrected chi connectivity index (χ3v) is 4.29. The lowest BCUT2D eigenvalue weighted by Gasteiger charge is -2.25. The van der Waals surface area contributed by atoms with Gasteiger partial charge in [-0.3, -0.25) is 0 Å². The van der Waals surface area contributed by atoms with E-state index in [1.54, 1.807) is 0 Å². The zero-order chi connectivity index (χ0) is 13.7. The highest BCUT2D eigenvalue weighted by atomic mass is 19.2. The molecule has 1 N–H and O–H groups in total. The summed E-state index contributed by atoms with van der Waals surface area (Å²) >= 11 is 0. The van der Waals surface area contributed by atoms with Crippen LogP contribution in [-0.4, -0.2) is 4.98 Å². The van der Waals surface area contributed by atoms with Crippen LogP contribution in [0.2, 0.25) is 0 Å². The number of aryl methyl sites for hydroxylation is 1. The van der Waals surface area contributed by atoms with Crippen molar-refractivity contribution in [3.8, 4) is 0 Å². The predicted octanol–water partition coefficient (Wildman–Crippen LogP) is 4.35. The Morgan fingerprint density at radius 2 is 1.95 bits per heavy atom. The minimum atomic E-state index is -1.11. The largest absolute Gasteiger partial charge is 0.356 e. The Hall–Kier alpha value is -1.45. The van der Waals surface area contributed by atoms with Crippen LogP contribution in [0.25, 0.3) is 10.9 Å². The molecule has 1 unspecified atom stereocenters. The third kappa shape index (κ3) is 1.85. The van der Waals surface area contributed by atoms with Crippen molar-refractivity contribution in [3.63, 3.8) is 0 Å². The van der Waals surface area contributed by atoms with Crippen molar-refractivity contribution in [2.75, 3.05) is 0 Å². The van der Waals surface area contributed by atoms with Gasteiger partial charge in [-0.1, -0.05) is 13.8 Å². The van der Waals surface area contributed by atoms with Crippen LogP contribution in [0.4, 0.5) is 13.2 Å². The van der Waals surface area contributed by atoms with Gasteiger partial charge in [0, 0.05) is 17.1 Å². The minimum absolute atomic E-state index is 0.105. The molecule has 102 valence electrons. The van der Waals surface area contributed by atoms with Crippen molar-refractivity contribution in [3.05, 3.63) is 34.8 Å². The Bertz CT molecular complexity index is 643. The first kappa shape index (κ1) is 12.6. The fraction of sp³-hybridized carbons (Fsp3) is 0.467. The summed E-state index contributed by atoms with van der Waals surface area (Å²) in [5.74, 6) is -1.84. The standard InChI is InChI=1S/C15H16F3N/c1-7(2)8-3-4-12-9(5-8)13-14(18)10(16)6-11(17)15(13)19-12/h6-8,19H,3-5H2,1-2H3. The summed E-state index contributed by atoms with van der Waals surface area (Å²) in [5, 5.41) is 0.109. The molecule has 1 aromatic carbocycles. The van der Waals surface area contributed by atoms with E-state index >= 15 is 0 Å². The fourth-order valence-electron chi connectivity index (χ4n) is 3.08. The van der Waals surface area contributed by atoms with E-state index in [-0.39, 0.29) is 10.9 Å². The van der Waals surface area contributed by atoms with Gasteiger partial charge in [0.05, 0.1) is 5.52 Å². The SMILES string of the molecule is CC(C)C1CCc2[nH]c3c(F)cc(F)c(F)c3c2C1. The molecular formula is C15H16F3N. The molecule has 1 aromatic heterocycles. The highest BCUT2D eigenvalue weighted by Crippen LogP contribution is 2.37. The lowest BCUT2D eigenvalue weighted by molar-refractivity contribution is 0.342. The van der Waals surface area contributed by atoms with Gasteiger partial charge < -0.3 is 4.98 Å². The zero-order valence-corrected chi connectivity index (χ0v) is 11.0. The highest BCUT2D eigenvalue weighted by Gasteiger charge is 2.28. The van der Waals surface area contributed by atoms with Gasteiger partial charge in [0.2, 0.25) is 0 Å². The first-order valence-electron chi connectivity index (χ1n) is 6.66. The average Bonchev–Trinajstić information content (AvgIpc) is 2.75. The molecule has 1 atom stereocenters. The molecule has 1 nitrogen and oxygen atoms in total. The van der Waals surface area contributed by atoms with E-state index in [1.165, 1.54) is 0 Å². The smallest absolute Gasteiger partial charge is 0.168 e. The monoisotopic (exact) mass is 267 g/mol. The van der Waals surface area contributed by atoms with E-state index in [0.29, 0.717) is 24.3 Å². The van der Waals surface area contributed by atoms with Crippen molar-refractivity contribution in [2.45, 2.75) is 33.1 Å². The molecule has 0 aliphatic heterocycles. The summed E-state index contributed by atoms with van der Waals surface area (Å²) in [4.78, 5) is 2.93. The summed E-state index contributed by atoms with van der Waals surface area (Å²) in [6, 6.07) is 0.611. The molecular weight excluding hydrogens is 251 g/mol. The van der Waals surface area contributed by atoms with E-state index in [2.05, 4.69) is 18.8 Å². The van der Waals surface area contributed by atoms with E-state index < -0.39 is 17.5 Å². The molecule has 0 fully saturated rings. The number of hydrogen-bond donors (Lipinski definition) is 1. The molecule has 2 aromatic rings. The van der Waals surface area contributed by atoms with Gasteiger partial charge in [0.1, 0.15) is 5.82 Å². The van der Waals surface area contributed by atoms with Crippen LogP contribution in [0.5, 0.6) is 0 Å². The number of hydrogen-bond acceptors (Lipinski definition) is 0. The van der Waals surface area contributed by atoms with Crippen molar-refractivity contribution >= 4 is 10.9 Å². The number of aromatic amines is 1. The molecule has 1 aliphatic carbocycles. The van der Waals surface area contributed by atoms with Gasteiger partial charge in [-0.2, -0.15) is 0 Å². The van der Waals surface area contributed by atoms with Crippen molar-refractivity contribution in [1.82, 2.24) is 4.98 Å². The Balaban J connectivity index is 2.22. The van der Waals surface area contributed by atoms with Crippen LogP contribution in [0.1, 0.15) is 31.5 Å². The second kappa shape index (κ2) is 4.29. The summed E-state index contributed by atoms with van der Waals surface area (Å²) in [6.07, 6.45) is 2.46. The first-order chi connectivity index (χ1) is 8.99. The summed E-state index contributed by atoms with van der Waals surface area (Å²) in [5.41, 5.74) is 1.72. The van der Waals surface area contributed by atoms with Crippen LogP contribution in [0.3, 0.4) is 0 Å². The summed E-state index contributed by atoms with van der Waals surface area (Å²) in [7, 11) is 0. The molecule has 4 heteroatoms. The maximum atomic E-state index is 14.0. The number of fused-ring (bicyclic) bond motifs is 3. The average molecular weight is 267 g/mol. The highest BCUT2D eigenvalue weighted by molar-refractivity contribution is 5.86. The predicted molar refractivity (Wildman–Crippen MR) is 68.5 cm³/mol. The second-order valence-electron chi connectivity index (χ2n) is 5.73. The van der Waals surface area contributed by atoms with Crippen LogP contribution in [0, 0.1) is 29.3 Å². The maximum absolute atomic E-state index is 14.0. The van der Waals surface area contributed by atoms with Gasteiger partial charge in [-0.05, 0) is 36.7 Å². The first-order valence-corrected chi connectivity index (χ1v) is 6.66. The van der Waals surface area contributed by atoms with Crippen molar-refractivity contribution < 1.29 is 13.2 Å². The topological polar surface area (TPSA) is 15.8 Å². The lowest BCUT2D eigenvalue weighted by Crippen LogP contribution is -2.18. The summed E-state index contributed by atoms with van der Waals surface area (Å²) in [6.45, 7) is 4.25. The Labute approximate surface area is 109 Å². The zero-order valence-electron chi connectivity index (χ0n) is 11.0. The van der Waals surface area contributed by atoms with Gasteiger partial charge in [-0.15, -0.1) is 0 Å². The molecule has 1 heterocycles. The number of rotatable bonds is 1. The van der Waals surface area contributed by atoms with Crippen molar-refractivity contribution in [2.24, 2.45) is 11.8 Å². The van der Waals surface area contributed by atoms with Crippen LogP contribution in [0.15, 0.2) is 6.07 Å². The number of benzene rings is 1. The van der Waals surface area contributed by atoms with Crippen LogP contribution >= 0.6 is 0 Å². The molecule has 0 saturated heterocycles. The fourth-order valence-corrected chi connectivity index (χ4v) is 3.08. The van der Waals surface area contributed by atoms with Gasteiger partial charge in [0.15, 0.2) is 11.6 Å². The van der Waals surface area contributed by atoms with Gasteiger partial charge >= 0.3 is 0 Å². The van der Waals surface area contributed by atoms with Gasteiger partial charge in [0.25, 0.3) is 0 Å². The van der Waals surface area contributed by atoms with Gasteiger partial charge in [-0.25, -0.2) is 13.2 Å². The minimum Gasteiger partial charge on any atom is -0.356 e.